The van der Waals surface area contributed by atoms with E-state index in [9.17, 15) is 4.79 Å². The zero-order valence-corrected chi connectivity index (χ0v) is 8.37. The van der Waals surface area contributed by atoms with Crippen LogP contribution in [0.25, 0.3) is 0 Å². The van der Waals surface area contributed by atoms with Gasteiger partial charge in [-0.1, -0.05) is 13.8 Å². The van der Waals surface area contributed by atoms with E-state index in [1.165, 1.54) is 6.92 Å². The molecule has 3 nitrogen and oxygen atoms in total. The first-order valence-corrected chi connectivity index (χ1v) is 4.43. The first kappa shape index (κ1) is 11.6. The summed E-state index contributed by atoms with van der Waals surface area (Å²) in [6.45, 7) is 6.11. The van der Waals surface area contributed by atoms with Crippen molar-refractivity contribution < 1.29 is 4.79 Å². The van der Waals surface area contributed by atoms with Crippen LogP contribution in [-0.4, -0.2) is 18.7 Å². The summed E-state index contributed by atoms with van der Waals surface area (Å²) in [5.41, 5.74) is 0.815. The van der Waals surface area contributed by atoms with E-state index in [4.69, 9.17) is 0 Å². The van der Waals surface area contributed by atoms with Crippen LogP contribution in [0.1, 0.15) is 20.8 Å². The molecule has 0 saturated heterocycles. The maximum Gasteiger partial charge on any atom is 0.221 e. The summed E-state index contributed by atoms with van der Waals surface area (Å²) in [5, 5.41) is 2.68. The maximum absolute atomic E-state index is 10.6. The molecule has 0 aromatic heterocycles. The van der Waals surface area contributed by atoms with Crippen LogP contribution in [0.5, 0.6) is 0 Å². The van der Waals surface area contributed by atoms with Crippen molar-refractivity contribution >= 4 is 12.1 Å². The molecular weight excluding hydrogens is 164 g/mol. The largest absolute Gasteiger partial charge is 0.327 e. The third kappa shape index (κ3) is 5.84. The van der Waals surface area contributed by atoms with Crippen molar-refractivity contribution in [1.29, 1.82) is 0 Å². The van der Waals surface area contributed by atoms with Crippen LogP contribution in [-0.2, 0) is 4.79 Å². The van der Waals surface area contributed by atoms with Crippen molar-refractivity contribution in [3.63, 3.8) is 0 Å². The standard InChI is InChI=1S/C8H10N2O.C2H6/c1-7(11)10-8-3-2-5-9-6-4-8;1-2/h2-5H,6H2,1H3,(H,10,11);1-2H3. The highest BCUT2D eigenvalue weighted by atomic mass is 16.1. The Balaban J connectivity index is 0.000000671. The Morgan fingerprint density at radius 1 is 1.54 bits per heavy atom. The smallest absolute Gasteiger partial charge is 0.221 e. The molecule has 1 rings (SSSR count). The fourth-order valence-corrected chi connectivity index (χ4v) is 0.783. The predicted octanol–water partition coefficient (Wildman–Crippen LogP) is 1.67. The lowest BCUT2D eigenvalue weighted by molar-refractivity contribution is -0.118. The van der Waals surface area contributed by atoms with Crippen LogP contribution in [0.2, 0.25) is 0 Å². The van der Waals surface area contributed by atoms with Crippen molar-refractivity contribution in [3.8, 4) is 0 Å². The Bertz CT molecular complexity index is 239. The van der Waals surface area contributed by atoms with Gasteiger partial charge >= 0.3 is 0 Å². The van der Waals surface area contributed by atoms with Gasteiger partial charge < -0.3 is 5.32 Å². The second kappa shape index (κ2) is 7.28. The highest BCUT2D eigenvalue weighted by Gasteiger charge is 1.94. The van der Waals surface area contributed by atoms with E-state index in [2.05, 4.69) is 10.3 Å². The number of hydrogen-bond donors (Lipinski definition) is 1. The van der Waals surface area contributed by atoms with Gasteiger partial charge in [0.25, 0.3) is 0 Å². The van der Waals surface area contributed by atoms with Crippen LogP contribution in [0, 0.1) is 0 Å². The lowest BCUT2D eigenvalue weighted by Gasteiger charge is -1.99. The Labute approximate surface area is 79.3 Å². The van der Waals surface area contributed by atoms with Crippen LogP contribution in [0.3, 0.4) is 0 Å². The van der Waals surface area contributed by atoms with E-state index in [1.54, 1.807) is 12.3 Å². The van der Waals surface area contributed by atoms with Crippen molar-refractivity contribution in [2.75, 3.05) is 6.54 Å². The second-order valence-electron chi connectivity index (χ2n) is 2.21. The van der Waals surface area contributed by atoms with Crippen LogP contribution < -0.4 is 5.32 Å². The SMILES string of the molecule is CC.CC(=O)NC1=CCN=CC=C1. The number of amides is 1. The van der Waals surface area contributed by atoms with Crippen LogP contribution >= 0.6 is 0 Å². The third-order valence-electron chi connectivity index (χ3n) is 1.20. The van der Waals surface area contributed by atoms with Gasteiger partial charge in [-0.15, -0.1) is 0 Å². The molecule has 0 fully saturated rings. The molecule has 1 aliphatic heterocycles. The Morgan fingerprint density at radius 2 is 2.23 bits per heavy atom. The van der Waals surface area contributed by atoms with Crippen molar-refractivity contribution in [3.05, 3.63) is 23.9 Å². The minimum absolute atomic E-state index is 0.0530. The quantitative estimate of drug-likeness (QED) is 0.655. The number of carbonyl (C=O) groups excluding carboxylic acids is 1. The maximum atomic E-state index is 10.6. The predicted molar refractivity (Wildman–Crippen MR) is 55.7 cm³/mol. The summed E-state index contributed by atoms with van der Waals surface area (Å²) in [5.74, 6) is -0.0530. The van der Waals surface area contributed by atoms with Crippen molar-refractivity contribution in [1.82, 2.24) is 5.32 Å². The van der Waals surface area contributed by atoms with Gasteiger partial charge in [0.2, 0.25) is 5.91 Å². The normalized spacial score (nSPS) is 13.6. The molecule has 0 unspecified atom stereocenters. The van der Waals surface area contributed by atoms with E-state index in [0.29, 0.717) is 6.54 Å². The number of allylic oxidation sites excluding steroid dienone is 2. The van der Waals surface area contributed by atoms with Crippen molar-refractivity contribution in [2.45, 2.75) is 20.8 Å². The molecule has 1 amide bonds. The molecule has 0 aromatic rings. The molecule has 3 heteroatoms. The summed E-state index contributed by atoms with van der Waals surface area (Å²) in [4.78, 5) is 14.6. The summed E-state index contributed by atoms with van der Waals surface area (Å²) < 4.78 is 0. The average Bonchev–Trinajstić information content (AvgIpc) is 2.36. The van der Waals surface area contributed by atoms with Gasteiger partial charge in [-0.05, 0) is 18.2 Å². The van der Waals surface area contributed by atoms with Gasteiger partial charge in [0.15, 0.2) is 0 Å². The molecule has 0 atom stereocenters. The molecular formula is C10H16N2O. The number of rotatable bonds is 1. The fourth-order valence-electron chi connectivity index (χ4n) is 0.783. The van der Waals surface area contributed by atoms with E-state index < -0.39 is 0 Å². The summed E-state index contributed by atoms with van der Waals surface area (Å²) in [6.07, 6.45) is 7.19. The zero-order valence-electron chi connectivity index (χ0n) is 8.37. The fraction of sp³-hybridized carbons (Fsp3) is 0.400. The van der Waals surface area contributed by atoms with Gasteiger partial charge in [0.05, 0.1) is 6.54 Å². The summed E-state index contributed by atoms with van der Waals surface area (Å²) in [6, 6.07) is 0. The molecule has 0 bridgehead atoms. The minimum Gasteiger partial charge on any atom is -0.327 e. The van der Waals surface area contributed by atoms with Gasteiger partial charge in [0.1, 0.15) is 0 Å². The van der Waals surface area contributed by atoms with Gasteiger partial charge in [-0.3, -0.25) is 9.79 Å². The average molecular weight is 180 g/mol. The monoisotopic (exact) mass is 180 g/mol. The highest BCUT2D eigenvalue weighted by molar-refractivity contribution is 5.77. The van der Waals surface area contributed by atoms with E-state index in [1.807, 2.05) is 26.0 Å². The summed E-state index contributed by atoms with van der Waals surface area (Å²) in [7, 11) is 0. The van der Waals surface area contributed by atoms with Gasteiger partial charge in [0, 0.05) is 18.8 Å². The van der Waals surface area contributed by atoms with Gasteiger partial charge in [-0.2, -0.15) is 0 Å². The van der Waals surface area contributed by atoms with E-state index >= 15 is 0 Å². The van der Waals surface area contributed by atoms with Crippen molar-refractivity contribution in [2.24, 2.45) is 4.99 Å². The Hall–Kier alpha value is -1.38. The number of hydrogen-bond acceptors (Lipinski definition) is 2. The van der Waals surface area contributed by atoms with Crippen LogP contribution in [0.15, 0.2) is 28.9 Å². The topological polar surface area (TPSA) is 41.5 Å². The molecule has 1 heterocycles. The number of nitrogens with zero attached hydrogens (tertiary/aromatic N) is 1. The van der Waals surface area contributed by atoms with Crippen LogP contribution in [0.4, 0.5) is 0 Å². The number of carbonyl (C=O) groups is 1. The first-order chi connectivity index (χ1) is 6.29. The molecule has 0 aromatic carbocycles. The molecule has 1 aliphatic rings. The molecule has 0 saturated carbocycles. The second-order valence-corrected chi connectivity index (χ2v) is 2.21. The van der Waals surface area contributed by atoms with E-state index in [0.717, 1.165) is 5.70 Å². The first-order valence-electron chi connectivity index (χ1n) is 4.43. The Kier molecular flexibility index (Phi) is 6.51. The lowest BCUT2D eigenvalue weighted by atomic mass is 10.3. The number of aliphatic imine (C=N–C) groups is 1. The minimum atomic E-state index is -0.0530. The highest BCUT2D eigenvalue weighted by Crippen LogP contribution is 1.94. The molecule has 72 valence electrons. The third-order valence-corrected chi connectivity index (χ3v) is 1.20. The summed E-state index contributed by atoms with van der Waals surface area (Å²) >= 11 is 0. The molecule has 13 heavy (non-hydrogen) atoms. The van der Waals surface area contributed by atoms with E-state index in [-0.39, 0.29) is 5.91 Å². The number of nitrogens with one attached hydrogen (secondary N) is 1. The molecule has 0 spiro atoms. The zero-order chi connectivity index (χ0) is 10.1. The molecule has 1 N–H and O–H groups in total. The van der Waals surface area contributed by atoms with Gasteiger partial charge in [-0.25, -0.2) is 0 Å². The molecule has 0 aliphatic carbocycles. The Morgan fingerprint density at radius 3 is 2.85 bits per heavy atom. The molecule has 0 radical (unpaired) electrons. The lowest BCUT2D eigenvalue weighted by Crippen LogP contribution is -2.17.